The van der Waals surface area contributed by atoms with Crippen LogP contribution >= 0.6 is 0 Å². The molecule has 0 aliphatic heterocycles. The standard InChI is InChI=1S/C8H8F2N4/c9-6-3-1-2-5(7(6)10)4-13-14-8(11)12/h1-4H,(H4,11,12,14). The number of hydrogen-bond acceptors (Lipinski definition) is 2. The van der Waals surface area contributed by atoms with Gasteiger partial charge in [0.2, 0.25) is 5.96 Å². The molecule has 0 amide bonds. The predicted octanol–water partition coefficient (Wildman–Crippen LogP) is 0.572. The second-order valence-electron chi connectivity index (χ2n) is 2.41. The third-order valence-corrected chi connectivity index (χ3v) is 1.35. The molecule has 0 radical (unpaired) electrons. The van der Waals surface area contributed by atoms with E-state index in [2.05, 4.69) is 10.2 Å². The summed E-state index contributed by atoms with van der Waals surface area (Å²) in [6.45, 7) is 0. The first-order chi connectivity index (χ1) is 6.61. The Balaban J connectivity index is 2.92. The van der Waals surface area contributed by atoms with Crippen LogP contribution in [0.2, 0.25) is 0 Å². The van der Waals surface area contributed by atoms with Crippen molar-refractivity contribution in [3.63, 3.8) is 0 Å². The Labute approximate surface area is 78.9 Å². The lowest BCUT2D eigenvalue weighted by Crippen LogP contribution is -2.21. The minimum atomic E-state index is -0.984. The van der Waals surface area contributed by atoms with Crippen LogP contribution < -0.4 is 11.5 Å². The number of benzene rings is 1. The normalized spacial score (nSPS) is 10.4. The fourth-order valence-electron chi connectivity index (χ4n) is 0.778. The van der Waals surface area contributed by atoms with Crippen LogP contribution in [0.3, 0.4) is 0 Å². The molecule has 0 atom stereocenters. The lowest BCUT2D eigenvalue weighted by atomic mass is 10.2. The molecule has 0 bridgehead atoms. The maximum atomic E-state index is 12.9. The Hall–Kier alpha value is -1.98. The van der Waals surface area contributed by atoms with Gasteiger partial charge < -0.3 is 11.5 Å². The van der Waals surface area contributed by atoms with Crippen molar-refractivity contribution in [3.8, 4) is 0 Å². The van der Waals surface area contributed by atoms with Crippen molar-refractivity contribution in [2.45, 2.75) is 0 Å². The Morgan fingerprint density at radius 2 is 2.00 bits per heavy atom. The van der Waals surface area contributed by atoms with Crippen molar-refractivity contribution in [1.29, 1.82) is 0 Å². The smallest absolute Gasteiger partial charge is 0.211 e. The molecule has 0 heterocycles. The van der Waals surface area contributed by atoms with Crippen molar-refractivity contribution >= 4 is 12.2 Å². The first-order valence-corrected chi connectivity index (χ1v) is 3.67. The van der Waals surface area contributed by atoms with Crippen molar-refractivity contribution in [1.82, 2.24) is 0 Å². The molecule has 0 aromatic heterocycles. The van der Waals surface area contributed by atoms with Crippen molar-refractivity contribution in [3.05, 3.63) is 35.4 Å². The molecule has 6 heteroatoms. The minimum absolute atomic E-state index is 0.0185. The number of nitrogens with zero attached hydrogens (tertiary/aromatic N) is 2. The van der Waals surface area contributed by atoms with E-state index in [0.29, 0.717) is 0 Å². The van der Waals surface area contributed by atoms with Crippen LogP contribution in [-0.2, 0) is 0 Å². The van der Waals surface area contributed by atoms with Crippen molar-refractivity contribution < 1.29 is 8.78 Å². The van der Waals surface area contributed by atoms with Gasteiger partial charge in [0.1, 0.15) is 0 Å². The molecule has 0 aliphatic rings. The molecule has 4 N–H and O–H groups in total. The van der Waals surface area contributed by atoms with E-state index in [4.69, 9.17) is 11.5 Å². The topological polar surface area (TPSA) is 76.8 Å². The molecule has 0 aliphatic carbocycles. The lowest BCUT2D eigenvalue weighted by Gasteiger charge is -1.95. The molecule has 1 aromatic carbocycles. The van der Waals surface area contributed by atoms with E-state index in [9.17, 15) is 8.78 Å². The lowest BCUT2D eigenvalue weighted by molar-refractivity contribution is 0.507. The number of rotatable bonds is 2. The number of hydrogen-bond donors (Lipinski definition) is 2. The summed E-state index contributed by atoms with van der Waals surface area (Å²) in [5.41, 5.74) is 9.92. The van der Waals surface area contributed by atoms with Gasteiger partial charge in [-0.3, -0.25) is 0 Å². The molecule has 1 rings (SSSR count). The van der Waals surface area contributed by atoms with Crippen LogP contribution in [0, 0.1) is 11.6 Å². The summed E-state index contributed by atoms with van der Waals surface area (Å²) in [5, 5.41) is 6.59. The number of nitrogens with two attached hydrogens (primary N) is 2. The SMILES string of the molecule is NC(N)=NN=Cc1cccc(F)c1F. The molecular weight excluding hydrogens is 190 g/mol. The van der Waals surface area contributed by atoms with E-state index in [-0.39, 0.29) is 11.5 Å². The van der Waals surface area contributed by atoms with Gasteiger partial charge in [-0.05, 0) is 6.07 Å². The van der Waals surface area contributed by atoms with Crippen LogP contribution in [0.25, 0.3) is 0 Å². The summed E-state index contributed by atoms with van der Waals surface area (Å²) in [4.78, 5) is 0. The zero-order chi connectivity index (χ0) is 10.6. The highest BCUT2D eigenvalue weighted by Gasteiger charge is 2.04. The molecule has 0 fully saturated rings. The van der Waals surface area contributed by atoms with E-state index >= 15 is 0 Å². The highest BCUT2D eigenvalue weighted by Crippen LogP contribution is 2.08. The maximum Gasteiger partial charge on any atom is 0.211 e. The van der Waals surface area contributed by atoms with Crippen LogP contribution in [0.5, 0.6) is 0 Å². The van der Waals surface area contributed by atoms with Gasteiger partial charge in [0, 0.05) is 5.56 Å². The second-order valence-corrected chi connectivity index (χ2v) is 2.41. The largest absolute Gasteiger partial charge is 0.369 e. The summed E-state index contributed by atoms with van der Waals surface area (Å²) < 4.78 is 25.6. The van der Waals surface area contributed by atoms with Gasteiger partial charge in [-0.25, -0.2) is 8.78 Å². The van der Waals surface area contributed by atoms with E-state index in [0.717, 1.165) is 12.3 Å². The Morgan fingerprint density at radius 1 is 1.29 bits per heavy atom. The summed E-state index contributed by atoms with van der Waals surface area (Å²) in [6, 6.07) is 3.71. The molecule has 1 aromatic rings. The van der Waals surface area contributed by atoms with E-state index in [1.807, 2.05) is 0 Å². The Bertz CT molecular complexity index is 383. The zero-order valence-corrected chi connectivity index (χ0v) is 7.11. The van der Waals surface area contributed by atoms with Gasteiger partial charge in [-0.1, -0.05) is 12.1 Å². The van der Waals surface area contributed by atoms with Crippen LogP contribution in [0.4, 0.5) is 8.78 Å². The third-order valence-electron chi connectivity index (χ3n) is 1.35. The molecule has 74 valence electrons. The molecule has 4 nitrogen and oxygen atoms in total. The van der Waals surface area contributed by atoms with Crippen LogP contribution in [-0.4, -0.2) is 12.2 Å². The first-order valence-electron chi connectivity index (χ1n) is 3.67. The van der Waals surface area contributed by atoms with Crippen LogP contribution in [0.15, 0.2) is 28.4 Å². The van der Waals surface area contributed by atoms with E-state index in [1.54, 1.807) is 0 Å². The third kappa shape index (κ3) is 2.51. The van der Waals surface area contributed by atoms with Gasteiger partial charge in [-0.15, -0.1) is 5.10 Å². The van der Waals surface area contributed by atoms with Gasteiger partial charge in [-0.2, -0.15) is 5.10 Å². The van der Waals surface area contributed by atoms with Crippen LogP contribution in [0.1, 0.15) is 5.56 Å². The van der Waals surface area contributed by atoms with Gasteiger partial charge in [0.25, 0.3) is 0 Å². The minimum Gasteiger partial charge on any atom is -0.369 e. The molecule has 14 heavy (non-hydrogen) atoms. The summed E-state index contributed by atoms with van der Waals surface area (Å²) in [7, 11) is 0. The molecule has 0 unspecified atom stereocenters. The number of halogens is 2. The average Bonchev–Trinajstić information content (AvgIpc) is 2.12. The highest BCUT2D eigenvalue weighted by atomic mass is 19.2. The molecular formula is C8H8F2N4. The van der Waals surface area contributed by atoms with Gasteiger partial charge in [0.15, 0.2) is 11.6 Å². The van der Waals surface area contributed by atoms with Crippen molar-refractivity contribution in [2.75, 3.05) is 0 Å². The summed E-state index contributed by atoms with van der Waals surface area (Å²) >= 11 is 0. The molecule has 0 spiro atoms. The summed E-state index contributed by atoms with van der Waals surface area (Å²) in [6.07, 6.45) is 1.03. The Kier molecular flexibility index (Phi) is 3.11. The monoisotopic (exact) mass is 198 g/mol. The molecule has 0 saturated carbocycles. The first kappa shape index (κ1) is 10.1. The predicted molar refractivity (Wildman–Crippen MR) is 49.8 cm³/mol. The summed E-state index contributed by atoms with van der Waals surface area (Å²) in [5.74, 6) is -2.18. The maximum absolute atomic E-state index is 12.9. The van der Waals surface area contributed by atoms with Gasteiger partial charge in [0.05, 0.1) is 6.21 Å². The Morgan fingerprint density at radius 3 is 2.64 bits per heavy atom. The highest BCUT2D eigenvalue weighted by molar-refractivity contribution is 5.81. The fourth-order valence-corrected chi connectivity index (χ4v) is 0.778. The van der Waals surface area contributed by atoms with Gasteiger partial charge >= 0.3 is 0 Å². The quantitative estimate of drug-likeness (QED) is 0.414. The molecule has 0 saturated heterocycles. The van der Waals surface area contributed by atoms with E-state index in [1.165, 1.54) is 12.1 Å². The average molecular weight is 198 g/mol. The zero-order valence-electron chi connectivity index (χ0n) is 7.11. The number of guanidine groups is 1. The van der Waals surface area contributed by atoms with Crippen molar-refractivity contribution in [2.24, 2.45) is 21.7 Å². The fraction of sp³-hybridized carbons (Fsp3) is 0. The van der Waals surface area contributed by atoms with E-state index < -0.39 is 11.6 Å². The second kappa shape index (κ2) is 4.31.